The van der Waals surface area contributed by atoms with Gasteiger partial charge in [-0.1, -0.05) is 12.8 Å². The number of morpholine rings is 1. The first-order chi connectivity index (χ1) is 12.0. The van der Waals surface area contributed by atoms with E-state index >= 15 is 0 Å². The van der Waals surface area contributed by atoms with E-state index in [2.05, 4.69) is 5.10 Å². The van der Waals surface area contributed by atoms with E-state index in [-0.39, 0.29) is 18.4 Å². The Labute approximate surface area is 148 Å². The second-order valence-electron chi connectivity index (χ2n) is 7.02. The Morgan fingerprint density at radius 2 is 1.84 bits per heavy atom. The van der Waals surface area contributed by atoms with E-state index in [0.29, 0.717) is 19.7 Å². The molecule has 1 aromatic heterocycles. The zero-order valence-electron chi connectivity index (χ0n) is 15.2. The minimum atomic E-state index is -0.531. The third kappa shape index (κ3) is 4.39. The van der Waals surface area contributed by atoms with E-state index in [1.807, 2.05) is 24.8 Å². The fraction of sp³-hybridized carbons (Fsp3) is 0.722. The third-order valence-electron chi connectivity index (χ3n) is 5.00. The van der Waals surface area contributed by atoms with E-state index < -0.39 is 6.10 Å². The van der Waals surface area contributed by atoms with E-state index in [4.69, 9.17) is 4.74 Å². The number of ether oxygens (including phenoxy) is 1. The Bertz CT molecular complexity index is 620. The lowest BCUT2D eigenvalue weighted by Crippen LogP contribution is -2.53. The van der Waals surface area contributed by atoms with Gasteiger partial charge in [0.2, 0.25) is 5.91 Å². The van der Waals surface area contributed by atoms with Crippen LogP contribution >= 0.6 is 0 Å². The maximum absolute atomic E-state index is 12.7. The first-order valence-corrected chi connectivity index (χ1v) is 9.24. The second kappa shape index (κ2) is 7.99. The highest BCUT2D eigenvalue weighted by Gasteiger charge is 2.32. The van der Waals surface area contributed by atoms with Crippen molar-refractivity contribution in [3.63, 3.8) is 0 Å². The Balaban J connectivity index is 1.59. The molecule has 1 atom stereocenters. The van der Waals surface area contributed by atoms with Gasteiger partial charge in [-0.3, -0.25) is 14.3 Å². The predicted octanol–water partition coefficient (Wildman–Crippen LogP) is 1.13. The number of hydrogen-bond donors (Lipinski definition) is 0. The molecular weight excluding hydrogens is 320 g/mol. The summed E-state index contributed by atoms with van der Waals surface area (Å²) in [6, 6.07) is 1.96. The molecule has 25 heavy (non-hydrogen) atoms. The Hall–Kier alpha value is -1.89. The molecule has 0 saturated carbocycles. The van der Waals surface area contributed by atoms with Crippen molar-refractivity contribution in [3.05, 3.63) is 17.5 Å². The fourth-order valence-electron chi connectivity index (χ4n) is 3.58. The Kier molecular flexibility index (Phi) is 5.73. The number of rotatable bonds is 3. The molecule has 2 saturated heterocycles. The fourth-order valence-corrected chi connectivity index (χ4v) is 3.58. The van der Waals surface area contributed by atoms with Gasteiger partial charge < -0.3 is 14.5 Å². The number of nitrogens with zero attached hydrogens (tertiary/aromatic N) is 4. The molecule has 0 bridgehead atoms. The molecule has 7 heteroatoms. The lowest BCUT2D eigenvalue weighted by Gasteiger charge is -2.34. The summed E-state index contributed by atoms with van der Waals surface area (Å²) in [6.45, 7) is 6.96. The Morgan fingerprint density at radius 3 is 2.48 bits per heavy atom. The largest absolute Gasteiger partial charge is 0.365 e. The van der Waals surface area contributed by atoms with E-state index in [0.717, 1.165) is 37.3 Å². The average molecular weight is 348 g/mol. The van der Waals surface area contributed by atoms with Gasteiger partial charge in [0.25, 0.3) is 5.91 Å². The topological polar surface area (TPSA) is 67.7 Å². The number of hydrogen-bond acceptors (Lipinski definition) is 4. The first-order valence-electron chi connectivity index (χ1n) is 9.24. The first kappa shape index (κ1) is 17.9. The highest BCUT2D eigenvalue weighted by Crippen LogP contribution is 2.15. The monoisotopic (exact) mass is 348 g/mol. The predicted molar refractivity (Wildman–Crippen MR) is 93.1 cm³/mol. The minimum Gasteiger partial charge on any atom is -0.365 e. The van der Waals surface area contributed by atoms with E-state index in [1.165, 1.54) is 12.8 Å². The zero-order chi connectivity index (χ0) is 17.8. The molecule has 2 aliphatic rings. The number of carbonyl (C=O) groups is 2. The second-order valence-corrected chi connectivity index (χ2v) is 7.02. The summed E-state index contributed by atoms with van der Waals surface area (Å²) in [5, 5.41) is 4.35. The molecule has 7 nitrogen and oxygen atoms in total. The van der Waals surface area contributed by atoms with Crippen LogP contribution in [0.15, 0.2) is 6.07 Å². The summed E-state index contributed by atoms with van der Waals surface area (Å²) in [7, 11) is 0. The standard InChI is InChI=1S/C18H28N4O3/c1-14-11-15(2)22(19-14)13-17(23)21-9-10-25-16(12-21)18(24)20-7-5-3-4-6-8-20/h11,16H,3-10,12-13H2,1-2H3. The molecule has 3 rings (SSSR count). The van der Waals surface area contributed by atoms with Crippen LogP contribution < -0.4 is 0 Å². The van der Waals surface area contributed by atoms with E-state index in [1.54, 1.807) is 9.58 Å². The molecule has 2 aliphatic heterocycles. The van der Waals surface area contributed by atoms with Gasteiger partial charge >= 0.3 is 0 Å². The summed E-state index contributed by atoms with van der Waals surface area (Å²) in [4.78, 5) is 29.0. The van der Waals surface area contributed by atoms with Crippen molar-refractivity contribution < 1.29 is 14.3 Å². The highest BCUT2D eigenvalue weighted by molar-refractivity contribution is 5.83. The van der Waals surface area contributed by atoms with Crippen molar-refractivity contribution in [2.45, 2.75) is 52.2 Å². The van der Waals surface area contributed by atoms with Gasteiger partial charge in [0.05, 0.1) is 18.8 Å². The molecule has 0 aliphatic carbocycles. The lowest BCUT2D eigenvalue weighted by atomic mass is 10.2. The van der Waals surface area contributed by atoms with Crippen LogP contribution in [0.2, 0.25) is 0 Å². The molecule has 138 valence electrons. The minimum absolute atomic E-state index is 0.0110. The highest BCUT2D eigenvalue weighted by atomic mass is 16.5. The number of carbonyl (C=O) groups excluding carboxylic acids is 2. The normalized spacial score (nSPS) is 21.9. The van der Waals surface area contributed by atoms with Crippen LogP contribution in [-0.2, 0) is 20.9 Å². The van der Waals surface area contributed by atoms with E-state index in [9.17, 15) is 9.59 Å². The molecular formula is C18H28N4O3. The third-order valence-corrected chi connectivity index (χ3v) is 5.00. The quantitative estimate of drug-likeness (QED) is 0.821. The average Bonchev–Trinajstić information content (AvgIpc) is 2.82. The van der Waals surface area contributed by atoms with Crippen LogP contribution in [-0.4, -0.2) is 70.3 Å². The maximum atomic E-state index is 12.7. The summed E-state index contributed by atoms with van der Waals surface area (Å²) in [5.41, 5.74) is 1.87. The molecule has 2 amide bonds. The summed E-state index contributed by atoms with van der Waals surface area (Å²) < 4.78 is 7.41. The molecule has 2 fully saturated rings. The number of aromatic nitrogens is 2. The molecule has 0 N–H and O–H groups in total. The van der Waals surface area contributed by atoms with Gasteiger partial charge in [-0.15, -0.1) is 0 Å². The molecule has 3 heterocycles. The van der Waals surface area contributed by atoms with Crippen molar-refractivity contribution in [1.82, 2.24) is 19.6 Å². The van der Waals surface area contributed by atoms with Crippen LogP contribution in [0.3, 0.4) is 0 Å². The number of amides is 2. The van der Waals surface area contributed by atoms with Gasteiger partial charge in [-0.05, 0) is 32.8 Å². The van der Waals surface area contributed by atoms with Crippen LogP contribution in [0.5, 0.6) is 0 Å². The SMILES string of the molecule is Cc1cc(C)n(CC(=O)N2CCOC(C(=O)N3CCCCCC3)C2)n1. The van der Waals surface area contributed by atoms with Crippen LogP contribution in [0.25, 0.3) is 0 Å². The molecule has 1 aromatic rings. The molecule has 0 radical (unpaired) electrons. The molecule has 1 unspecified atom stereocenters. The summed E-state index contributed by atoms with van der Waals surface area (Å²) in [5.74, 6) is 0.0219. The maximum Gasteiger partial charge on any atom is 0.253 e. The zero-order valence-corrected chi connectivity index (χ0v) is 15.2. The van der Waals surface area contributed by atoms with Crippen molar-refractivity contribution in [1.29, 1.82) is 0 Å². The Morgan fingerprint density at radius 1 is 1.12 bits per heavy atom. The van der Waals surface area contributed by atoms with Crippen molar-refractivity contribution in [2.24, 2.45) is 0 Å². The molecule has 0 spiro atoms. The van der Waals surface area contributed by atoms with Gasteiger partial charge in [0, 0.05) is 25.3 Å². The van der Waals surface area contributed by atoms with Crippen LogP contribution in [0.4, 0.5) is 0 Å². The van der Waals surface area contributed by atoms with Crippen LogP contribution in [0, 0.1) is 13.8 Å². The van der Waals surface area contributed by atoms with Crippen molar-refractivity contribution in [2.75, 3.05) is 32.8 Å². The van der Waals surface area contributed by atoms with Crippen molar-refractivity contribution >= 4 is 11.8 Å². The van der Waals surface area contributed by atoms with Gasteiger partial charge in [0.15, 0.2) is 6.10 Å². The number of aryl methyl sites for hydroxylation is 2. The van der Waals surface area contributed by atoms with Crippen LogP contribution in [0.1, 0.15) is 37.1 Å². The van der Waals surface area contributed by atoms with Gasteiger partial charge in [-0.25, -0.2) is 0 Å². The van der Waals surface area contributed by atoms with Gasteiger partial charge in [0.1, 0.15) is 6.54 Å². The lowest BCUT2D eigenvalue weighted by molar-refractivity contribution is -0.154. The van der Waals surface area contributed by atoms with Gasteiger partial charge in [-0.2, -0.15) is 5.10 Å². The smallest absolute Gasteiger partial charge is 0.253 e. The van der Waals surface area contributed by atoms with Crippen molar-refractivity contribution in [3.8, 4) is 0 Å². The summed E-state index contributed by atoms with van der Waals surface area (Å²) >= 11 is 0. The number of likely N-dealkylation sites (tertiary alicyclic amines) is 1. The molecule has 0 aromatic carbocycles. The summed E-state index contributed by atoms with van der Waals surface area (Å²) in [6.07, 6.45) is 3.94.